The van der Waals surface area contributed by atoms with Crippen molar-refractivity contribution < 1.29 is 23.9 Å². The van der Waals surface area contributed by atoms with Crippen molar-refractivity contribution in [3.8, 4) is 5.75 Å². The smallest absolute Gasteiger partial charge is 0.326 e. The van der Waals surface area contributed by atoms with Crippen LogP contribution in [0.3, 0.4) is 0 Å². The maximum Gasteiger partial charge on any atom is 0.326 e. The Balaban J connectivity index is 1.72. The Bertz CT molecular complexity index is 980. The summed E-state index contributed by atoms with van der Waals surface area (Å²) in [5, 5.41) is 10.0. The van der Waals surface area contributed by atoms with E-state index in [1.165, 1.54) is 14.1 Å². The van der Waals surface area contributed by atoms with Crippen LogP contribution in [-0.2, 0) is 16.2 Å². The Labute approximate surface area is 185 Å². The van der Waals surface area contributed by atoms with Gasteiger partial charge in [-0.05, 0) is 23.3 Å². The van der Waals surface area contributed by atoms with Crippen molar-refractivity contribution in [1.29, 1.82) is 0 Å². The number of carbonyl (C=O) groups is 4. The largest absolute Gasteiger partial charge is 0.489 e. The minimum atomic E-state index is -1.12. The molecule has 2 atom stereocenters. The molecule has 0 radical (unpaired) electrons. The van der Waals surface area contributed by atoms with E-state index >= 15 is 0 Å². The molecule has 1 aliphatic heterocycles. The van der Waals surface area contributed by atoms with E-state index in [0.29, 0.717) is 24.5 Å². The molecule has 1 heterocycles. The minimum Gasteiger partial charge on any atom is -0.489 e. The van der Waals surface area contributed by atoms with Crippen molar-refractivity contribution in [3.05, 3.63) is 65.7 Å². The third kappa shape index (κ3) is 5.54. The fraction of sp³-hybridized carbons (Fsp3) is 0.273. The number of hydrogen-bond acceptors (Lipinski definition) is 5. The van der Waals surface area contributed by atoms with Gasteiger partial charge in [-0.2, -0.15) is 0 Å². The SMILES string of the molecule is CNC(=O)N(C)C(=O)NC(C(=O)NC1CNC1=O)c1ccc(OCc2ccccc2)cc1. The van der Waals surface area contributed by atoms with E-state index in [1.807, 2.05) is 30.3 Å². The summed E-state index contributed by atoms with van der Waals surface area (Å²) in [5.74, 6) is -0.277. The lowest BCUT2D eigenvalue weighted by atomic mass is 10.0. The van der Waals surface area contributed by atoms with Crippen LogP contribution >= 0.6 is 0 Å². The zero-order chi connectivity index (χ0) is 23.1. The Morgan fingerprint density at radius 2 is 1.78 bits per heavy atom. The summed E-state index contributed by atoms with van der Waals surface area (Å²) in [6.07, 6.45) is 0. The molecule has 3 rings (SSSR count). The lowest BCUT2D eigenvalue weighted by Crippen LogP contribution is -2.63. The second-order valence-corrected chi connectivity index (χ2v) is 7.15. The van der Waals surface area contributed by atoms with Crippen molar-refractivity contribution in [2.45, 2.75) is 18.7 Å². The average molecular weight is 439 g/mol. The first-order valence-electron chi connectivity index (χ1n) is 9.99. The van der Waals surface area contributed by atoms with Crippen molar-refractivity contribution >= 4 is 23.9 Å². The van der Waals surface area contributed by atoms with Crippen LogP contribution in [0.1, 0.15) is 17.2 Å². The number of ether oxygens (including phenoxy) is 1. The van der Waals surface area contributed by atoms with Gasteiger partial charge in [0.2, 0.25) is 11.8 Å². The van der Waals surface area contributed by atoms with E-state index in [9.17, 15) is 19.2 Å². The average Bonchev–Trinajstić information content (AvgIpc) is 2.83. The molecule has 1 saturated heterocycles. The number of hydrogen-bond donors (Lipinski definition) is 4. The van der Waals surface area contributed by atoms with Crippen LogP contribution in [0.15, 0.2) is 54.6 Å². The molecule has 10 nitrogen and oxygen atoms in total. The number of nitrogens with one attached hydrogen (secondary N) is 4. The highest BCUT2D eigenvalue weighted by molar-refractivity contribution is 5.97. The van der Waals surface area contributed by atoms with Gasteiger partial charge in [-0.25, -0.2) is 14.5 Å². The van der Waals surface area contributed by atoms with Gasteiger partial charge in [-0.3, -0.25) is 9.59 Å². The van der Waals surface area contributed by atoms with E-state index in [1.54, 1.807) is 24.3 Å². The van der Waals surface area contributed by atoms with E-state index in [0.717, 1.165) is 10.5 Å². The maximum absolute atomic E-state index is 12.8. The number of nitrogens with zero attached hydrogens (tertiary/aromatic N) is 1. The first kappa shape index (κ1) is 22.6. The number of benzene rings is 2. The number of β-lactam (4-membered cyclic amide) rings is 1. The molecule has 32 heavy (non-hydrogen) atoms. The zero-order valence-electron chi connectivity index (χ0n) is 17.8. The van der Waals surface area contributed by atoms with Gasteiger partial charge in [-0.15, -0.1) is 0 Å². The molecule has 0 bridgehead atoms. The third-order valence-corrected chi connectivity index (χ3v) is 4.93. The first-order chi connectivity index (χ1) is 15.4. The number of imide groups is 1. The Morgan fingerprint density at radius 3 is 2.34 bits per heavy atom. The van der Waals surface area contributed by atoms with Crippen molar-refractivity contribution in [3.63, 3.8) is 0 Å². The molecule has 1 fully saturated rings. The van der Waals surface area contributed by atoms with Crippen molar-refractivity contribution in [2.75, 3.05) is 20.6 Å². The molecule has 2 aromatic carbocycles. The highest BCUT2D eigenvalue weighted by Crippen LogP contribution is 2.20. The summed E-state index contributed by atoms with van der Waals surface area (Å²) >= 11 is 0. The molecular weight excluding hydrogens is 414 g/mol. The van der Waals surface area contributed by atoms with Crippen LogP contribution in [0, 0.1) is 0 Å². The van der Waals surface area contributed by atoms with Crippen LogP contribution in [0.25, 0.3) is 0 Å². The summed E-state index contributed by atoms with van der Waals surface area (Å²) in [6, 6.07) is 13.1. The number of amides is 6. The molecular formula is C22H25N5O5. The predicted molar refractivity (Wildman–Crippen MR) is 116 cm³/mol. The molecule has 2 aromatic rings. The normalized spacial score (nSPS) is 15.4. The van der Waals surface area contributed by atoms with Crippen molar-refractivity contribution in [2.24, 2.45) is 0 Å². The second kappa shape index (κ2) is 10.3. The molecule has 0 saturated carbocycles. The van der Waals surface area contributed by atoms with Gasteiger partial charge in [0.05, 0.1) is 0 Å². The van der Waals surface area contributed by atoms with E-state index < -0.39 is 30.1 Å². The molecule has 2 unspecified atom stereocenters. The quantitative estimate of drug-likeness (QED) is 0.477. The van der Waals surface area contributed by atoms with E-state index in [4.69, 9.17) is 4.74 Å². The standard InChI is InChI=1S/C22H25N5O5/c1-23-21(30)27(2)22(31)26-18(20(29)25-17-12-24-19(17)28)15-8-10-16(11-9-15)32-13-14-6-4-3-5-7-14/h3-11,17-18H,12-13H2,1-2H3,(H,23,30)(H,24,28)(H,25,29)(H,26,31). The van der Waals surface area contributed by atoms with Crippen molar-refractivity contribution in [1.82, 2.24) is 26.2 Å². The number of urea groups is 2. The molecule has 10 heteroatoms. The number of rotatable bonds is 7. The van der Waals surface area contributed by atoms with Gasteiger partial charge in [0, 0.05) is 20.6 Å². The zero-order valence-corrected chi connectivity index (χ0v) is 17.8. The lowest BCUT2D eigenvalue weighted by Gasteiger charge is -2.29. The highest BCUT2D eigenvalue weighted by Gasteiger charge is 2.33. The summed E-state index contributed by atoms with van der Waals surface area (Å²) in [7, 11) is 2.67. The van der Waals surface area contributed by atoms with Gasteiger partial charge in [0.25, 0.3) is 0 Å². The third-order valence-electron chi connectivity index (χ3n) is 4.93. The second-order valence-electron chi connectivity index (χ2n) is 7.15. The Kier molecular flexibility index (Phi) is 7.27. The Morgan fingerprint density at radius 1 is 1.09 bits per heavy atom. The summed E-state index contributed by atoms with van der Waals surface area (Å²) in [6.45, 7) is 0.699. The van der Waals surface area contributed by atoms with Gasteiger partial charge < -0.3 is 26.0 Å². The van der Waals surface area contributed by atoms with Crippen LogP contribution in [0.5, 0.6) is 5.75 Å². The van der Waals surface area contributed by atoms with Gasteiger partial charge >= 0.3 is 12.1 Å². The molecule has 0 aliphatic carbocycles. The lowest BCUT2D eigenvalue weighted by molar-refractivity contribution is -0.134. The van der Waals surface area contributed by atoms with Gasteiger partial charge in [0.1, 0.15) is 24.4 Å². The first-order valence-corrected chi connectivity index (χ1v) is 9.99. The summed E-state index contributed by atoms with van der Waals surface area (Å²) < 4.78 is 5.76. The molecule has 0 spiro atoms. The fourth-order valence-corrected chi connectivity index (χ4v) is 2.94. The van der Waals surface area contributed by atoms with E-state index in [-0.39, 0.29) is 5.91 Å². The van der Waals surface area contributed by atoms with Gasteiger partial charge in [-0.1, -0.05) is 42.5 Å². The van der Waals surface area contributed by atoms with Crippen LogP contribution in [-0.4, -0.2) is 55.5 Å². The van der Waals surface area contributed by atoms with Crippen LogP contribution < -0.4 is 26.0 Å². The van der Waals surface area contributed by atoms with Crippen LogP contribution in [0.2, 0.25) is 0 Å². The molecule has 0 aromatic heterocycles. The summed E-state index contributed by atoms with van der Waals surface area (Å²) in [5.41, 5.74) is 1.48. The monoisotopic (exact) mass is 439 g/mol. The van der Waals surface area contributed by atoms with Gasteiger partial charge in [0.15, 0.2) is 0 Å². The molecule has 168 valence electrons. The topological polar surface area (TPSA) is 129 Å². The Hall–Kier alpha value is -4.08. The molecule has 1 aliphatic rings. The molecule has 4 N–H and O–H groups in total. The minimum absolute atomic E-state index is 0.296. The van der Waals surface area contributed by atoms with E-state index in [2.05, 4.69) is 21.3 Å². The molecule has 6 amide bonds. The predicted octanol–water partition coefficient (Wildman–Crippen LogP) is 0.902. The fourth-order valence-electron chi connectivity index (χ4n) is 2.94. The maximum atomic E-state index is 12.8. The highest BCUT2D eigenvalue weighted by atomic mass is 16.5. The summed E-state index contributed by atoms with van der Waals surface area (Å²) in [4.78, 5) is 49.4. The number of carbonyl (C=O) groups excluding carboxylic acids is 4. The van der Waals surface area contributed by atoms with Crippen LogP contribution in [0.4, 0.5) is 9.59 Å².